The monoisotopic (exact) mass is 584 g/mol. The Bertz CT molecular complexity index is 1610. The van der Waals surface area contributed by atoms with Gasteiger partial charge in [-0.05, 0) is 55.3 Å². The van der Waals surface area contributed by atoms with Crippen molar-refractivity contribution >= 4 is 29.4 Å². The Kier molecular flexibility index (Phi) is 7.80. The molecule has 0 saturated heterocycles. The van der Waals surface area contributed by atoms with Crippen LogP contribution in [0.25, 0.3) is 16.9 Å². The first kappa shape index (κ1) is 27.7. The standard InChI is InChI=1S/C32H32N4O5S/c1-4-20(2)33-27(37)17-35-28(38)18-42-31(22-10-15-25-26(16-22)41-19-40-25)29-30(21-8-6-5-7-9-21)34-36(32(29)35)23-11-13-24(39-3)14-12-23/h5-16,20,31H,4,17-19H2,1-3H3,(H,33,37)/t20-,31+/m0/s1. The number of rotatable bonds is 8. The molecule has 0 unspecified atom stereocenters. The van der Waals surface area contributed by atoms with Crippen LogP contribution in [-0.2, 0) is 9.59 Å². The smallest absolute Gasteiger partial charge is 0.240 e. The fourth-order valence-corrected chi connectivity index (χ4v) is 6.33. The number of nitrogens with zero attached hydrogens (tertiary/aromatic N) is 3. The molecule has 1 N–H and O–H groups in total. The van der Waals surface area contributed by atoms with E-state index in [1.165, 1.54) is 11.8 Å². The molecule has 2 atom stereocenters. The molecule has 0 radical (unpaired) electrons. The maximum Gasteiger partial charge on any atom is 0.240 e. The largest absolute Gasteiger partial charge is 0.497 e. The van der Waals surface area contributed by atoms with Gasteiger partial charge in [-0.1, -0.05) is 43.3 Å². The van der Waals surface area contributed by atoms with Gasteiger partial charge in [0.25, 0.3) is 0 Å². The first-order valence-electron chi connectivity index (χ1n) is 13.9. The van der Waals surface area contributed by atoms with Crippen LogP contribution in [0.15, 0.2) is 72.8 Å². The summed E-state index contributed by atoms with van der Waals surface area (Å²) in [7, 11) is 1.62. The summed E-state index contributed by atoms with van der Waals surface area (Å²) in [5.41, 5.74) is 4.19. The maximum absolute atomic E-state index is 13.9. The number of anilines is 1. The maximum atomic E-state index is 13.9. The van der Waals surface area contributed by atoms with Crippen molar-refractivity contribution in [3.05, 3.63) is 83.9 Å². The molecule has 4 aromatic rings. The highest BCUT2D eigenvalue weighted by Gasteiger charge is 2.38. The Morgan fingerprint density at radius 2 is 1.86 bits per heavy atom. The Morgan fingerprint density at radius 1 is 1.10 bits per heavy atom. The molecule has 2 aliphatic heterocycles. The second-order valence-electron chi connectivity index (χ2n) is 10.2. The Morgan fingerprint density at radius 3 is 2.60 bits per heavy atom. The lowest BCUT2D eigenvalue weighted by molar-refractivity contribution is -0.123. The number of aromatic nitrogens is 2. The lowest BCUT2D eigenvalue weighted by Gasteiger charge is -2.24. The molecule has 0 bridgehead atoms. The van der Waals surface area contributed by atoms with Crippen LogP contribution in [0.1, 0.15) is 36.6 Å². The SMILES string of the molecule is CC[C@H](C)NC(=O)CN1C(=O)CS[C@H](c2ccc3c(c2)OCO3)c2c(-c3ccccc3)nn(-c3ccc(OC)cc3)c21. The fraction of sp³-hybridized carbons (Fsp3) is 0.281. The minimum Gasteiger partial charge on any atom is -0.497 e. The molecule has 0 aliphatic carbocycles. The van der Waals surface area contributed by atoms with Gasteiger partial charge >= 0.3 is 0 Å². The van der Waals surface area contributed by atoms with Crippen molar-refractivity contribution < 1.29 is 23.8 Å². The molecule has 3 aromatic carbocycles. The van der Waals surface area contributed by atoms with E-state index in [1.54, 1.807) is 16.7 Å². The van der Waals surface area contributed by atoms with E-state index in [0.717, 1.165) is 34.5 Å². The van der Waals surface area contributed by atoms with Crippen LogP contribution in [0.3, 0.4) is 0 Å². The Hall–Kier alpha value is -4.44. The molecule has 0 saturated carbocycles. The quantitative estimate of drug-likeness (QED) is 0.298. The van der Waals surface area contributed by atoms with E-state index in [9.17, 15) is 9.59 Å². The van der Waals surface area contributed by atoms with E-state index in [-0.39, 0.29) is 42.2 Å². The molecule has 6 rings (SSSR count). The van der Waals surface area contributed by atoms with Crippen LogP contribution in [0.5, 0.6) is 17.2 Å². The van der Waals surface area contributed by atoms with E-state index in [1.807, 2.05) is 86.6 Å². The van der Waals surface area contributed by atoms with Crippen molar-refractivity contribution in [3.63, 3.8) is 0 Å². The number of hydrogen-bond donors (Lipinski definition) is 1. The van der Waals surface area contributed by atoms with Crippen molar-refractivity contribution in [1.82, 2.24) is 15.1 Å². The minimum absolute atomic E-state index is 0.0128. The van der Waals surface area contributed by atoms with Crippen molar-refractivity contribution in [2.45, 2.75) is 31.6 Å². The second-order valence-corrected chi connectivity index (χ2v) is 11.3. The predicted molar refractivity (Wildman–Crippen MR) is 163 cm³/mol. The van der Waals surface area contributed by atoms with E-state index in [2.05, 4.69) is 5.32 Å². The number of methoxy groups -OCH3 is 1. The summed E-state index contributed by atoms with van der Waals surface area (Å²) in [6, 6.07) is 23.3. The van der Waals surface area contributed by atoms with Crippen molar-refractivity contribution in [2.24, 2.45) is 0 Å². The third-order valence-corrected chi connectivity index (χ3v) is 8.73. The van der Waals surface area contributed by atoms with Crippen LogP contribution in [0.4, 0.5) is 5.82 Å². The molecule has 2 aliphatic rings. The zero-order valence-electron chi connectivity index (χ0n) is 23.7. The number of benzene rings is 3. The van der Waals surface area contributed by atoms with Crippen LogP contribution >= 0.6 is 11.8 Å². The zero-order valence-corrected chi connectivity index (χ0v) is 24.5. The lowest BCUT2D eigenvalue weighted by Crippen LogP contribution is -2.44. The molecule has 2 amide bonds. The highest BCUT2D eigenvalue weighted by Crippen LogP contribution is 2.50. The van der Waals surface area contributed by atoms with Gasteiger partial charge in [-0.15, -0.1) is 11.8 Å². The van der Waals surface area contributed by atoms with Crippen LogP contribution in [0.2, 0.25) is 0 Å². The van der Waals surface area contributed by atoms with E-state index < -0.39 is 0 Å². The number of carbonyl (C=O) groups is 2. The molecule has 9 nitrogen and oxygen atoms in total. The van der Waals surface area contributed by atoms with Gasteiger partial charge in [0.1, 0.15) is 18.1 Å². The van der Waals surface area contributed by atoms with Gasteiger partial charge in [-0.25, -0.2) is 4.68 Å². The van der Waals surface area contributed by atoms with Crippen LogP contribution in [0, 0.1) is 0 Å². The Balaban J connectivity index is 1.58. The second kappa shape index (κ2) is 11.8. The van der Waals surface area contributed by atoms with Gasteiger partial charge < -0.3 is 19.5 Å². The molecule has 10 heteroatoms. The van der Waals surface area contributed by atoms with E-state index in [4.69, 9.17) is 19.3 Å². The normalized spacial score (nSPS) is 16.5. The van der Waals surface area contributed by atoms with Gasteiger partial charge in [0.05, 0.1) is 29.5 Å². The molecule has 3 heterocycles. The minimum atomic E-state index is -0.275. The molecular formula is C32H32N4O5S. The van der Waals surface area contributed by atoms with E-state index >= 15 is 0 Å². The summed E-state index contributed by atoms with van der Waals surface area (Å²) < 4.78 is 18.4. The van der Waals surface area contributed by atoms with Crippen molar-refractivity contribution in [2.75, 3.05) is 31.1 Å². The number of thioether (sulfide) groups is 1. The summed E-state index contributed by atoms with van der Waals surface area (Å²) >= 11 is 1.51. The van der Waals surface area contributed by atoms with E-state index in [0.29, 0.717) is 23.1 Å². The zero-order chi connectivity index (χ0) is 29.2. The van der Waals surface area contributed by atoms with Crippen molar-refractivity contribution in [1.29, 1.82) is 0 Å². The number of fused-ring (bicyclic) bond motifs is 2. The molecule has 0 fully saturated rings. The topological polar surface area (TPSA) is 94.9 Å². The summed E-state index contributed by atoms with van der Waals surface area (Å²) in [6.07, 6.45) is 0.787. The number of carbonyl (C=O) groups excluding carboxylic acids is 2. The highest BCUT2D eigenvalue weighted by atomic mass is 32.2. The van der Waals surface area contributed by atoms with Gasteiger partial charge in [0.2, 0.25) is 18.6 Å². The summed E-state index contributed by atoms with van der Waals surface area (Å²) in [5, 5.41) is 7.87. The highest BCUT2D eigenvalue weighted by molar-refractivity contribution is 8.00. The summed E-state index contributed by atoms with van der Waals surface area (Å²) in [6.45, 7) is 4.01. The van der Waals surface area contributed by atoms with Crippen molar-refractivity contribution in [3.8, 4) is 34.2 Å². The molecule has 1 aromatic heterocycles. The fourth-order valence-electron chi connectivity index (χ4n) is 5.14. The first-order valence-corrected chi connectivity index (χ1v) is 14.9. The lowest BCUT2D eigenvalue weighted by atomic mass is 9.99. The third kappa shape index (κ3) is 5.30. The summed E-state index contributed by atoms with van der Waals surface area (Å²) in [5.74, 6) is 2.41. The predicted octanol–water partition coefficient (Wildman–Crippen LogP) is 5.36. The number of ether oxygens (including phenoxy) is 3. The molecule has 42 heavy (non-hydrogen) atoms. The van der Waals surface area contributed by atoms with Gasteiger partial charge in [0, 0.05) is 17.2 Å². The number of hydrogen-bond acceptors (Lipinski definition) is 7. The number of nitrogens with one attached hydrogen (secondary N) is 1. The number of amides is 2. The van der Waals surface area contributed by atoms with Gasteiger partial charge in [-0.2, -0.15) is 5.10 Å². The van der Waals surface area contributed by atoms with Crippen LogP contribution in [-0.4, -0.2) is 53.8 Å². The molecule has 216 valence electrons. The third-order valence-electron chi connectivity index (χ3n) is 7.47. The van der Waals surface area contributed by atoms with Gasteiger partial charge in [0.15, 0.2) is 11.5 Å². The van der Waals surface area contributed by atoms with Gasteiger partial charge in [-0.3, -0.25) is 14.5 Å². The average molecular weight is 585 g/mol. The summed E-state index contributed by atoms with van der Waals surface area (Å²) in [4.78, 5) is 28.7. The molecular weight excluding hydrogens is 552 g/mol. The molecule has 0 spiro atoms. The first-order chi connectivity index (χ1) is 20.5. The average Bonchev–Trinajstić information content (AvgIpc) is 3.62. The Labute approximate surface area is 248 Å². The van der Waals surface area contributed by atoms with Crippen LogP contribution < -0.4 is 24.4 Å².